The van der Waals surface area contributed by atoms with Crippen LogP contribution in [-0.4, -0.2) is 27.7 Å². The number of aromatic nitrogens is 2. The molecular formula is C22H18F3N3O3. The van der Waals surface area contributed by atoms with Gasteiger partial charge in [-0.05, 0) is 37.5 Å². The van der Waals surface area contributed by atoms with Gasteiger partial charge in [-0.3, -0.25) is 15.0 Å². The Hall–Kier alpha value is -3.30. The zero-order valence-electron chi connectivity index (χ0n) is 16.2. The van der Waals surface area contributed by atoms with Crippen molar-refractivity contribution in [2.24, 2.45) is 0 Å². The Morgan fingerprint density at radius 2 is 1.87 bits per heavy atom. The third-order valence-electron chi connectivity index (χ3n) is 5.14. The highest BCUT2D eigenvalue weighted by molar-refractivity contribution is 6.00. The van der Waals surface area contributed by atoms with E-state index in [9.17, 15) is 18.8 Å². The summed E-state index contributed by atoms with van der Waals surface area (Å²) in [7, 11) is 0. The minimum Gasteiger partial charge on any atom is -0.373 e. The Labute approximate surface area is 175 Å². The SMILES string of the molecule is O=C(NO)c1nc(-c2c(F)cccc2F)c(F)c(C2CCCCO2)c1-c1cccnc1. The number of ether oxygens (including phenoxy) is 1. The van der Waals surface area contributed by atoms with Crippen molar-refractivity contribution in [2.45, 2.75) is 25.4 Å². The van der Waals surface area contributed by atoms with Gasteiger partial charge < -0.3 is 4.74 Å². The molecule has 31 heavy (non-hydrogen) atoms. The number of amides is 1. The second kappa shape index (κ2) is 8.83. The summed E-state index contributed by atoms with van der Waals surface area (Å²) in [6, 6.07) is 6.26. The third kappa shape index (κ3) is 3.89. The Morgan fingerprint density at radius 3 is 2.48 bits per heavy atom. The second-order valence-electron chi connectivity index (χ2n) is 7.05. The molecule has 160 valence electrons. The lowest BCUT2D eigenvalue weighted by atomic mass is 9.90. The molecular weight excluding hydrogens is 411 g/mol. The van der Waals surface area contributed by atoms with Crippen molar-refractivity contribution >= 4 is 5.91 Å². The number of hydrogen-bond acceptors (Lipinski definition) is 5. The van der Waals surface area contributed by atoms with E-state index in [1.807, 2.05) is 0 Å². The largest absolute Gasteiger partial charge is 0.373 e. The molecule has 2 N–H and O–H groups in total. The normalized spacial score (nSPS) is 16.2. The van der Waals surface area contributed by atoms with E-state index in [2.05, 4.69) is 9.97 Å². The smallest absolute Gasteiger partial charge is 0.293 e. The maximum atomic E-state index is 15.9. The van der Waals surface area contributed by atoms with Crippen LogP contribution in [0.3, 0.4) is 0 Å². The molecule has 6 nitrogen and oxygen atoms in total. The number of nitrogens with zero attached hydrogens (tertiary/aromatic N) is 2. The van der Waals surface area contributed by atoms with E-state index in [0.717, 1.165) is 31.0 Å². The molecule has 0 bridgehead atoms. The lowest BCUT2D eigenvalue weighted by Gasteiger charge is -2.27. The first kappa shape index (κ1) is 21.0. The molecule has 0 radical (unpaired) electrons. The fourth-order valence-corrected chi connectivity index (χ4v) is 3.76. The van der Waals surface area contributed by atoms with Crippen LogP contribution in [0.15, 0.2) is 42.7 Å². The van der Waals surface area contributed by atoms with Gasteiger partial charge in [-0.1, -0.05) is 12.1 Å². The Bertz CT molecular complexity index is 1100. The summed E-state index contributed by atoms with van der Waals surface area (Å²) in [5.41, 5.74) is 0.0247. The average Bonchev–Trinajstić information content (AvgIpc) is 2.80. The maximum Gasteiger partial charge on any atom is 0.293 e. The molecule has 1 unspecified atom stereocenters. The van der Waals surface area contributed by atoms with Crippen LogP contribution in [0, 0.1) is 17.5 Å². The predicted octanol–water partition coefficient (Wildman–Crippen LogP) is 4.59. The fourth-order valence-electron chi connectivity index (χ4n) is 3.76. The minimum absolute atomic E-state index is 0.0459. The monoisotopic (exact) mass is 429 g/mol. The maximum absolute atomic E-state index is 15.9. The standard InChI is InChI=1S/C22H18F3N3O3/c23-13-6-3-7-14(24)17(13)20-19(25)18(15-8-1-2-10-31-15)16(12-5-4-9-26-11-12)21(27-20)22(29)28-30/h3-7,9,11,15,30H,1-2,8,10H2,(H,28,29). The summed E-state index contributed by atoms with van der Waals surface area (Å²) in [4.78, 5) is 20.5. The lowest BCUT2D eigenvalue weighted by molar-refractivity contribution is 0.0131. The second-order valence-corrected chi connectivity index (χ2v) is 7.05. The van der Waals surface area contributed by atoms with Crippen LogP contribution < -0.4 is 5.48 Å². The van der Waals surface area contributed by atoms with Gasteiger partial charge in [0.2, 0.25) is 0 Å². The number of carbonyl (C=O) groups excluding carboxylic acids is 1. The van der Waals surface area contributed by atoms with Crippen LogP contribution in [0.1, 0.15) is 41.4 Å². The number of carbonyl (C=O) groups is 1. The van der Waals surface area contributed by atoms with Gasteiger partial charge in [-0.25, -0.2) is 23.6 Å². The number of hydroxylamine groups is 1. The van der Waals surface area contributed by atoms with Crippen molar-refractivity contribution in [2.75, 3.05) is 6.61 Å². The molecule has 1 fully saturated rings. The van der Waals surface area contributed by atoms with Gasteiger partial charge >= 0.3 is 0 Å². The van der Waals surface area contributed by atoms with Crippen molar-refractivity contribution in [1.82, 2.24) is 15.4 Å². The number of hydrogen-bond donors (Lipinski definition) is 2. The number of pyridine rings is 2. The van der Waals surface area contributed by atoms with Gasteiger partial charge in [0.05, 0.1) is 11.7 Å². The molecule has 1 aliphatic heterocycles. The fraction of sp³-hybridized carbons (Fsp3) is 0.227. The van der Waals surface area contributed by atoms with Gasteiger partial charge in [-0.15, -0.1) is 0 Å². The van der Waals surface area contributed by atoms with Crippen LogP contribution in [0.25, 0.3) is 22.4 Å². The van der Waals surface area contributed by atoms with Gasteiger partial charge in [0.25, 0.3) is 5.91 Å². The van der Waals surface area contributed by atoms with Crippen LogP contribution in [-0.2, 0) is 4.74 Å². The molecule has 3 heterocycles. The molecule has 3 aromatic rings. The van der Waals surface area contributed by atoms with Gasteiger partial charge in [0.15, 0.2) is 5.82 Å². The van der Waals surface area contributed by atoms with E-state index in [0.29, 0.717) is 18.6 Å². The highest BCUT2D eigenvalue weighted by Gasteiger charge is 2.33. The first-order valence-corrected chi connectivity index (χ1v) is 9.67. The predicted molar refractivity (Wildman–Crippen MR) is 105 cm³/mol. The average molecular weight is 429 g/mol. The van der Waals surface area contributed by atoms with Crippen molar-refractivity contribution in [1.29, 1.82) is 0 Å². The first-order chi connectivity index (χ1) is 15.0. The zero-order valence-corrected chi connectivity index (χ0v) is 16.2. The Balaban J connectivity index is 2.09. The summed E-state index contributed by atoms with van der Waals surface area (Å²) >= 11 is 0. The summed E-state index contributed by atoms with van der Waals surface area (Å²) in [6.45, 7) is 0.365. The third-order valence-corrected chi connectivity index (χ3v) is 5.14. The Kier molecular flexibility index (Phi) is 5.97. The molecule has 1 amide bonds. The number of benzene rings is 1. The minimum atomic E-state index is -1.06. The molecule has 1 saturated heterocycles. The van der Waals surface area contributed by atoms with E-state index >= 15 is 4.39 Å². The van der Waals surface area contributed by atoms with Crippen LogP contribution in [0.4, 0.5) is 13.2 Å². The first-order valence-electron chi connectivity index (χ1n) is 9.67. The van der Waals surface area contributed by atoms with Crippen molar-refractivity contribution in [3.8, 4) is 22.4 Å². The van der Waals surface area contributed by atoms with E-state index in [1.54, 1.807) is 12.1 Å². The highest BCUT2D eigenvalue weighted by Crippen LogP contribution is 2.41. The molecule has 4 rings (SSSR count). The van der Waals surface area contributed by atoms with E-state index in [4.69, 9.17) is 4.74 Å². The topological polar surface area (TPSA) is 84.3 Å². The quantitative estimate of drug-likeness (QED) is 0.468. The van der Waals surface area contributed by atoms with Gasteiger partial charge in [-0.2, -0.15) is 0 Å². The van der Waals surface area contributed by atoms with Crippen molar-refractivity contribution < 1.29 is 27.9 Å². The van der Waals surface area contributed by atoms with E-state index < -0.39 is 46.4 Å². The number of rotatable bonds is 4. The van der Waals surface area contributed by atoms with Crippen LogP contribution in [0.5, 0.6) is 0 Å². The molecule has 0 saturated carbocycles. The van der Waals surface area contributed by atoms with Crippen LogP contribution >= 0.6 is 0 Å². The van der Waals surface area contributed by atoms with Crippen LogP contribution in [0.2, 0.25) is 0 Å². The van der Waals surface area contributed by atoms with Crippen molar-refractivity contribution in [3.05, 3.63) is 71.4 Å². The van der Waals surface area contributed by atoms with E-state index in [1.165, 1.54) is 17.9 Å². The summed E-state index contributed by atoms with van der Waals surface area (Å²) in [5, 5.41) is 9.27. The van der Waals surface area contributed by atoms with Crippen molar-refractivity contribution in [3.63, 3.8) is 0 Å². The summed E-state index contributed by atoms with van der Waals surface area (Å²) in [5.74, 6) is -4.13. The molecule has 9 heteroatoms. The number of halogens is 3. The summed E-state index contributed by atoms with van der Waals surface area (Å²) in [6.07, 6.45) is 4.09. The molecule has 0 aliphatic carbocycles. The molecule has 0 spiro atoms. The molecule has 1 aromatic carbocycles. The van der Waals surface area contributed by atoms with Gasteiger partial charge in [0, 0.05) is 35.7 Å². The molecule has 1 atom stereocenters. The van der Waals surface area contributed by atoms with Gasteiger partial charge in [0.1, 0.15) is 23.0 Å². The molecule has 1 aliphatic rings. The van der Waals surface area contributed by atoms with E-state index in [-0.39, 0.29) is 11.1 Å². The zero-order chi connectivity index (χ0) is 22.0. The Morgan fingerprint density at radius 1 is 1.10 bits per heavy atom. The molecule has 2 aromatic heterocycles. The lowest BCUT2D eigenvalue weighted by Crippen LogP contribution is -2.24. The number of nitrogens with one attached hydrogen (secondary N) is 1. The summed E-state index contributed by atoms with van der Waals surface area (Å²) < 4.78 is 50.6. The highest BCUT2D eigenvalue weighted by atomic mass is 19.1.